The van der Waals surface area contributed by atoms with Gasteiger partial charge in [-0.1, -0.05) is 0 Å². The number of carbonyl (C=O) groups is 1. The monoisotopic (exact) mass is 229 g/mol. The molecule has 0 bridgehead atoms. The van der Waals surface area contributed by atoms with E-state index >= 15 is 0 Å². The molecule has 0 saturated heterocycles. The summed E-state index contributed by atoms with van der Waals surface area (Å²) in [4.78, 5) is 12.7. The van der Waals surface area contributed by atoms with E-state index in [1.807, 2.05) is 0 Å². The van der Waals surface area contributed by atoms with Crippen molar-refractivity contribution in [3.05, 3.63) is 6.20 Å². The number of aromatic nitrogens is 3. The molecule has 0 saturated carbocycles. The van der Waals surface area contributed by atoms with Crippen LogP contribution in [-0.4, -0.2) is 28.7 Å². The molecule has 2 N–H and O–H groups in total. The summed E-state index contributed by atoms with van der Waals surface area (Å²) in [5, 5.41) is 3.82. The average Bonchev–Trinajstić information content (AvgIpc) is 2.44. The molecule has 7 nitrogen and oxygen atoms in total. The van der Waals surface area contributed by atoms with Gasteiger partial charge in [0.15, 0.2) is 6.20 Å². The lowest BCUT2D eigenvalue weighted by molar-refractivity contribution is -0.798. The Morgan fingerprint density at radius 3 is 2.75 bits per heavy atom. The second-order valence-corrected chi connectivity index (χ2v) is 4.28. The molecular formula is C9H17N4O3+. The fourth-order valence-corrected chi connectivity index (χ4v) is 1.07. The fourth-order valence-electron chi connectivity index (χ4n) is 1.07. The first-order valence-corrected chi connectivity index (χ1v) is 4.81. The summed E-state index contributed by atoms with van der Waals surface area (Å²) in [6.07, 6.45) is 0.897. The zero-order chi connectivity index (χ0) is 12.3. The van der Waals surface area contributed by atoms with Crippen LogP contribution >= 0.6 is 0 Å². The summed E-state index contributed by atoms with van der Waals surface area (Å²) in [5.74, 6) is 0.225. The largest absolute Gasteiger partial charge is 0.488 e. The smallest absolute Gasteiger partial charge is 0.439 e. The lowest BCUT2D eigenvalue weighted by Crippen LogP contribution is -2.48. The molecule has 16 heavy (non-hydrogen) atoms. The number of methoxy groups -OCH3 is 1. The number of nitrogens with zero attached hydrogens (tertiary/aromatic N) is 3. The first-order valence-electron chi connectivity index (χ1n) is 4.81. The van der Waals surface area contributed by atoms with Gasteiger partial charge in [0.2, 0.25) is 6.73 Å². The highest BCUT2D eigenvalue weighted by Gasteiger charge is 2.26. The Morgan fingerprint density at radius 2 is 2.25 bits per heavy atom. The maximum atomic E-state index is 11.7. The molecule has 0 aromatic carbocycles. The number of nitrogen functional groups attached to an aromatic ring is 1. The topological polar surface area (TPSA) is 83.2 Å². The normalized spacial score (nSPS) is 11.5. The molecule has 0 fully saturated rings. The second kappa shape index (κ2) is 4.48. The molecule has 90 valence electrons. The molecule has 1 aromatic rings. The van der Waals surface area contributed by atoms with Gasteiger partial charge in [-0.25, -0.2) is 4.79 Å². The van der Waals surface area contributed by atoms with Gasteiger partial charge in [0.05, 0.1) is 9.90 Å². The van der Waals surface area contributed by atoms with Crippen LogP contribution in [0.5, 0.6) is 0 Å². The summed E-state index contributed by atoms with van der Waals surface area (Å²) < 4.78 is 11.5. The minimum absolute atomic E-state index is 0.170. The Hall–Kier alpha value is -1.63. The summed E-state index contributed by atoms with van der Waals surface area (Å²) in [6, 6.07) is 0. The molecule has 1 rings (SSSR count). The third kappa shape index (κ3) is 3.20. The molecule has 0 atom stereocenters. The average molecular weight is 229 g/mol. The third-order valence-electron chi connectivity index (χ3n) is 1.55. The number of nitrogens with two attached hydrogens (primary N) is 1. The number of anilines is 1. The van der Waals surface area contributed by atoms with Crippen LogP contribution in [0.25, 0.3) is 0 Å². The maximum absolute atomic E-state index is 11.7. The van der Waals surface area contributed by atoms with Gasteiger partial charge in [-0.15, -0.1) is 4.68 Å². The fraction of sp³-hybridized carbons (Fsp3) is 0.667. The quantitative estimate of drug-likeness (QED) is 0.729. The first-order chi connectivity index (χ1) is 7.33. The Kier molecular flexibility index (Phi) is 3.48. The molecule has 0 spiro atoms. The lowest BCUT2D eigenvalue weighted by atomic mass is 10.2. The Balaban J connectivity index is 2.90. The molecule has 1 heterocycles. The van der Waals surface area contributed by atoms with Gasteiger partial charge in [-0.2, -0.15) is 0 Å². The Labute approximate surface area is 93.7 Å². The van der Waals surface area contributed by atoms with E-state index in [0.717, 1.165) is 4.80 Å². The zero-order valence-corrected chi connectivity index (χ0v) is 9.93. The molecular weight excluding hydrogens is 212 g/mol. The van der Waals surface area contributed by atoms with Gasteiger partial charge in [0.1, 0.15) is 5.60 Å². The van der Waals surface area contributed by atoms with E-state index in [2.05, 4.69) is 5.10 Å². The van der Waals surface area contributed by atoms with E-state index in [-0.39, 0.29) is 12.5 Å². The highest BCUT2D eigenvalue weighted by atomic mass is 16.6. The van der Waals surface area contributed by atoms with Crippen molar-refractivity contribution in [1.29, 1.82) is 0 Å². The van der Waals surface area contributed by atoms with Gasteiger partial charge >= 0.3 is 11.9 Å². The van der Waals surface area contributed by atoms with Crippen LogP contribution in [0.15, 0.2) is 6.20 Å². The molecule has 7 heteroatoms. The third-order valence-corrected chi connectivity index (χ3v) is 1.55. The van der Waals surface area contributed by atoms with Crippen molar-refractivity contribution in [2.24, 2.45) is 0 Å². The molecule has 0 aliphatic rings. The van der Waals surface area contributed by atoms with E-state index in [0.29, 0.717) is 0 Å². The molecule has 0 unspecified atom stereocenters. The van der Waals surface area contributed by atoms with E-state index in [1.165, 1.54) is 18.0 Å². The van der Waals surface area contributed by atoms with Crippen LogP contribution in [0.3, 0.4) is 0 Å². The second-order valence-electron chi connectivity index (χ2n) is 4.28. The highest BCUT2D eigenvalue weighted by molar-refractivity contribution is 5.67. The van der Waals surface area contributed by atoms with Crippen molar-refractivity contribution in [3.8, 4) is 0 Å². The van der Waals surface area contributed by atoms with E-state index < -0.39 is 11.7 Å². The zero-order valence-electron chi connectivity index (χ0n) is 9.93. The number of hydrogen-bond donors (Lipinski definition) is 1. The predicted molar refractivity (Wildman–Crippen MR) is 55.5 cm³/mol. The summed E-state index contributed by atoms with van der Waals surface area (Å²) in [5.41, 5.74) is 4.91. The van der Waals surface area contributed by atoms with E-state index in [4.69, 9.17) is 15.2 Å². The van der Waals surface area contributed by atoms with E-state index in [9.17, 15) is 4.79 Å². The van der Waals surface area contributed by atoms with Crippen LogP contribution in [-0.2, 0) is 16.2 Å². The summed E-state index contributed by atoms with van der Waals surface area (Å²) in [6.45, 7) is 5.50. The summed E-state index contributed by atoms with van der Waals surface area (Å²) in [7, 11) is 1.51. The molecule has 0 amide bonds. The minimum Gasteiger partial charge on any atom is -0.439 e. The first kappa shape index (κ1) is 12.4. The van der Waals surface area contributed by atoms with Crippen molar-refractivity contribution >= 4 is 11.9 Å². The molecule has 0 radical (unpaired) electrons. The van der Waals surface area contributed by atoms with Crippen molar-refractivity contribution in [2.45, 2.75) is 33.1 Å². The van der Waals surface area contributed by atoms with Gasteiger partial charge in [0.25, 0.3) is 0 Å². The summed E-state index contributed by atoms with van der Waals surface area (Å²) >= 11 is 0. The maximum Gasteiger partial charge on any atom is 0.488 e. The van der Waals surface area contributed by atoms with Crippen LogP contribution < -0.4 is 10.4 Å². The van der Waals surface area contributed by atoms with Crippen LogP contribution in [0, 0.1) is 0 Å². The highest BCUT2D eigenvalue weighted by Crippen LogP contribution is 2.07. The van der Waals surface area contributed by atoms with Crippen molar-refractivity contribution in [1.82, 2.24) is 9.90 Å². The van der Waals surface area contributed by atoms with E-state index in [1.54, 1.807) is 20.8 Å². The number of rotatable bonds is 2. The van der Waals surface area contributed by atoms with Gasteiger partial charge in [-0.3, -0.25) is 0 Å². The minimum atomic E-state index is -0.596. The molecule has 0 aliphatic carbocycles. The van der Waals surface area contributed by atoms with Crippen molar-refractivity contribution < 1.29 is 19.0 Å². The van der Waals surface area contributed by atoms with Crippen molar-refractivity contribution in [2.75, 3.05) is 12.8 Å². The number of hydrogen-bond acceptors (Lipinski definition) is 5. The van der Waals surface area contributed by atoms with Crippen molar-refractivity contribution in [3.63, 3.8) is 0 Å². The van der Waals surface area contributed by atoms with Gasteiger partial charge in [-0.05, 0) is 20.8 Å². The van der Waals surface area contributed by atoms with Crippen LogP contribution in [0.2, 0.25) is 0 Å². The Bertz CT molecular complexity index is 381. The van der Waals surface area contributed by atoms with Crippen LogP contribution in [0.1, 0.15) is 20.8 Å². The van der Waals surface area contributed by atoms with Gasteiger partial charge in [0, 0.05) is 7.11 Å². The number of carbonyl (C=O) groups excluding carboxylic acids is 1. The molecule has 0 aliphatic heterocycles. The van der Waals surface area contributed by atoms with Crippen LogP contribution in [0.4, 0.5) is 10.6 Å². The standard InChI is InChI=1S/C9H17N4O3/c1-9(2,3)16-8(14)13-11-7(10)5-12(13)6-15-4/h5H,6H2,1-4H3,(H2,10,11)/q+1. The molecule has 1 aromatic heterocycles. The SMILES string of the molecule is COC[n+]1cc(N)nn1C(=O)OC(C)(C)C. The predicted octanol–water partition coefficient (Wildman–Crippen LogP) is 0.140. The Morgan fingerprint density at radius 1 is 1.62 bits per heavy atom. The van der Waals surface area contributed by atoms with Gasteiger partial charge < -0.3 is 15.2 Å². The lowest BCUT2D eigenvalue weighted by Gasteiger charge is -2.17. The number of ether oxygens (including phenoxy) is 2.